The summed E-state index contributed by atoms with van der Waals surface area (Å²) in [6, 6.07) is 6.16. The Kier molecular flexibility index (Phi) is 5.98. The van der Waals surface area contributed by atoms with Gasteiger partial charge in [0, 0.05) is 16.7 Å². The number of amides is 1. The number of hydrogen-bond acceptors (Lipinski definition) is 4. The smallest absolute Gasteiger partial charge is 0.246 e. The van der Waals surface area contributed by atoms with E-state index in [0.29, 0.717) is 11.6 Å². The van der Waals surface area contributed by atoms with Crippen LogP contribution in [0.2, 0.25) is 0 Å². The molecule has 0 aliphatic carbocycles. The van der Waals surface area contributed by atoms with Gasteiger partial charge in [0.1, 0.15) is 10.8 Å². The molecule has 0 fully saturated rings. The van der Waals surface area contributed by atoms with Crippen molar-refractivity contribution in [2.24, 2.45) is 11.0 Å². The van der Waals surface area contributed by atoms with Crippen molar-refractivity contribution in [3.8, 4) is 10.6 Å². The van der Waals surface area contributed by atoms with Gasteiger partial charge in [0.05, 0.1) is 12.1 Å². The zero-order valence-corrected chi connectivity index (χ0v) is 14.3. The number of benzene rings is 1. The molecule has 0 saturated carbocycles. The predicted molar refractivity (Wildman–Crippen MR) is 91.9 cm³/mol. The number of rotatable bonds is 6. The van der Waals surface area contributed by atoms with Crippen LogP contribution in [-0.4, -0.2) is 16.6 Å². The third kappa shape index (κ3) is 4.96. The van der Waals surface area contributed by atoms with Crippen molar-refractivity contribution < 1.29 is 9.18 Å². The first-order valence-corrected chi connectivity index (χ1v) is 8.43. The summed E-state index contributed by atoms with van der Waals surface area (Å²) in [4.78, 5) is 16.4. The van der Waals surface area contributed by atoms with Gasteiger partial charge in [-0.2, -0.15) is 5.10 Å². The molecule has 1 aromatic heterocycles. The van der Waals surface area contributed by atoms with Crippen molar-refractivity contribution in [2.45, 2.75) is 33.6 Å². The lowest BCUT2D eigenvalue weighted by atomic mass is 10.1. The van der Waals surface area contributed by atoms with Gasteiger partial charge in [-0.25, -0.2) is 14.8 Å². The largest absolute Gasteiger partial charge is 0.273 e. The first-order valence-electron chi connectivity index (χ1n) is 7.55. The van der Waals surface area contributed by atoms with E-state index in [1.54, 1.807) is 12.1 Å². The number of carbonyl (C=O) groups is 1. The van der Waals surface area contributed by atoms with Gasteiger partial charge in [-0.3, -0.25) is 4.79 Å². The molecule has 122 valence electrons. The van der Waals surface area contributed by atoms with E-state index in [4.69, 9.17) is 0 Å². The molecule has 4 nitrogen and oxygen atoms in total. The van der Waals surface area contributed by atoms with E-state index < -0.39 is 0 Å². The Morgan fingerprint density at radius 1 is 1.35 bits per heavy atom. The average molecular weight is 333 g/mol. The van der Waals surface area contributed by atoms with E-state index >= 15 is 0 Å². The zero-order valence-electron chi connectivity index (χ0n) is 13.5. The van der Waals surface area contributed by atoms with Gasteiger partial charge >= 0.3 is 0 Å². The van der Waals surface area contributed by atoms with Gasteiger partial charge in [0.2, 0.25) is 5.91 Å². The normalized spacial score (nSPS) is 11.8. The van der Waals surface area contributed by atoms with Crippen LogP contribution in [0.5, 0.6) is 0 Å². The van der Waals surface area contributed by atoms with Crippen LogP contribution < -0.4 is 5.43 Å². The Bertz CT molecular complexity index is 692. The molecule has 0 aliphatic rings. The van der Waals surface area contributed by atoms with Crippen LogP contribution in [0.25, 0.3) is 10.6 Å². The molecule has 2 aromatic rings. The molecule has 0 radical (unpaired) electrons. The van der Waals surface area contributed by atoms with E-state index in [1.165, 1.54) is 23.5 Å². The van der Waals surface area contributed by atoms with Crippen molar-refractivity contribution in [3.05, 3.63) is 41.2 Å². The second-order valence-electron chi connectivity index (χ2n) is 5.47. The molecule has 0 aliphatic heterocycles. The van der Waals surface area contributed by atoms with Crippen molar-refractivity contribution >= 4 is 23.0 Å². The highest BCUT2D eigenvalue weighted by molar-refractivity contribution is 7.13. The Labute approximate surface area is 139 Å². The molecule has 0 spiro atoms. The monoisotopic (exact) mass is 333 g/mol. The number of thiazole rings is 1. The standard InChI is InChI=1S/C17H20FN3OS/c1-4-15(11(2)3)20-21-16(22)9-14-10-23-17(19-14)12-5-7-13(18)8-6-12/h5-8,10-11H,4,9H2,1-3H3,(H,21,22)/b20-15-. The van der Waals surface area contributed by atoms with Crippen LogP contribution in [-0.2, 0) is 11.2 Å². The highest BCUT2D eigenvalue weighted by Gasteiger charge is 2.10. The number of carbonyl (C=O) groups excluding carboxylic acids is 1. The fraction of sp³-hybridized carbons (Fsp3) is 0.353. The molecule has 0 unspecified atom stereocenters. The summed E-state index contributed by atoms with van der Waals surface area (Å²) < 4.78 is 12.9. The van der Waals surface area contributed by atoms with E-state index in [2.05, 4.69) is 15.5 Å². The minimum Gasteiger partial charge on any atom is -0.273 e. The summed E-state index contributed by atoms with van der Waals surface area (Å²) in [6.45, 7) is 6.11. The van der Waals surface area contributed by atoms with Crippen LogP contribution in [0.1, 0.15) is 32.9 Å². The predicted octanol–water partition coefficient (Wildman–Crippen LogP) is 4.03. The summed E-state index contributed by atoms with van der Waals surface area (Å²) in [5.41, 5.74) is 5.07. The Morgan fingerprint density at radius 3 is 2.65 bits per heavy atom. The maximum atomic E-state index is 12.9. The molecule has 0 atom stereocenters. The third-order valence-electron chi connectivity index (χ3n) is 3.34. The summed E-state index contributed by atoms with van der Waals surface area (Å²) >= 11 is 1.43. The van der Waals surface area contributed by atoms with Gasteiger partial charge in [0.15, 0.2) is 0 Å². The number of nitrogens with one attached hydrogen (secondary N) is 1. The minimum absolute atomic E-state index is 0.177. The van der Waals surface area contributed by atoms with Crippen LogP contribution in [0, 0.1) is 11.7 Å². The molecule has 1 amide bonds. The van der Waals surface area contributed by atoms with Crippen LogP contribution >= 0.6 is 11.3 Å². The summed E-state index contributed by atoms with van der Waals surface area (Å²) in [5, 5.41) is 6.77. The number of hydrazone groups is 1. The second-order valence-corrected chi connectivity index (χ2v) is 6.33. The van der Waals surface area contributed by atoms with Gasteiger partial charge in [0.25, 0.3) is 0 Å². The average Bonchev–Trinajstić information content (AvgIpc) is 2.96. The van der Waals surface area contributed by atoms with Crippen LogP contribution in [0.4, 0.5) is 4.39 Å². The summed E-state index contributed by atoms with van der Waals surface area (Å²) in [5.74, 6) is -0.156. The Hall–Kier alpha value is -2.08. The molecule has 1 heterocycles. The molecule has 1 aromatic carbocycles. The van der Waals surface area contributed by atoms with Gasteiger partial charge < -0.3 is 0 Å². The fourth-order valence-corrected chi connectivity index (χ4v) is 2.89. The molecular weight excluding hydrogens is 313 g/mol. The van der Waals surface area contributed by atoms with Crippen LogP contribution in [0.3, 0.4) is 0 Å². The number of halogens is 1. The van der Waals surface area contributed by atoms with Gasteiger partial charge in [-0.05, 0) is 36.6 Å². The van der Waals surface area contributed by atoms with Crippen molar-refractivity contribution in [3.63, 3.8) is 0 Å². The number of nitrogens with zero attached hydrogens (tertiary/aromatic N) is 2. The molecule has 2 rings (SSSR count). The summed E-state index contributed by atoms with van der Waals surface area (Å²) in [7, 11) is 0. The summed E-state index contributed by atoms with van der Waals surface area (Å²) in [6.07, 6.45) is 0.986. The molecule has 0 saturated heterocycles. The zero-order chi connectivity index (χ0) is 16.8. The molecule has 23 heavy (non-hydrogen) atoms. The van der Waals surface area contributed by atoms with Crippen LogP contribution in [0.15, 0.2) is 34.7 Å². The first kappa shape index (κ1) is 17.3. The lowest BCUT2D eigenvalue weighted by Gasteiger charge is -2.07. The first-order chi connectivity index (χ1) is 11.0. The van der Waals surface area contributed by atoms with Crippen molar-refractivity contribution in [1.82, 2.24) is 10.4 Å². The molecular formula is C17H20FN3OS. The topological polar surface area (TPSA) is 54.4 Å². The van der Waals surface area contributed by atoms with E-state index in [-0.39, 0.29) is 18.1 Å². The number of aromatic nitrogens is 1. The van der Waals surface area contributed by atoms with Crippen molar-refractivity contribution in [1.29, 1.82) is 0 Å². The van der Waals surface area contributed by atoms with E-state index in [9.17, 15) is 9.18 Å². The van der Waals surface area contributed by atoms with Crippen molar-refractivity contribution in [2.75, 3.05) is 0 Å². The molecule has 0 bridgehead atoms. The van der Waals surface area contributed by atoms with E-state index in [1.807, 2.05) is 26.2 Å². The Morgan fingerprint density at radius 2 is 2.04 bits per heavy atom. The third-order valence-corrected chi connectivity index (χ3v) is 4.28. The highest BCUT2D eigenvalue weighted by Crippen LogP contribution is 2.24. The lowest BCUT2D eigenvalue weighted by molar-refractivity contribution is -0.120. The number of hydrogen-bond donors (Lipinski definition) is 1. The SMILES string of the molecule is CC/C(=N/NC(=O)Cc1csc(-c2ccc(F)cc2)n1)C(C)C. The van der Waals surface area contributed by atoms with E-state index in [0.717, 1.165) is 22.7 Å². The fourth-order valence-electron chi connectivity index (χ4n) is 2.07. The Balaban J connectivity index is 1.99. The quantitative estimate of drug-likeness (QED) is 0.641. The lowest BCUT2D eigenvalue weighted by Crippen LogP contribution is -2.23. The molecule has 6 heteroatoms. The minimum atomic E-state index is -0.278. The maximum Gasteiger partial charge on any atom is 0.246 e. The second kappa shape index (κ2) is 7.97. The molecule has 1 N–H and O–H groups in total. The van der Waals surface area contributed by atoms with Gasteiger partial charge in [-0.15, -0.1) is 11.3 Å². The maximum absolute atomic E-state index is 12.9. The highest BCUT2D eigenvalue weighted by atomic mass is 32.1. The van der Waals surface area contributed by atoms with Gasteiger partial charge in [-0.1, -0.05) is 20.8 Å².